The van der Waals surface area contributed by atoms with Crippen molar-refractivity contribution in [1.29, 1.82) is 0 Å². The van der Waals surface area contributed by atoms with E-state index in [1.807, 2.05) is 42.5 Å². The van der Waals surface area contributed by atoms with Crippen molar-refractivity contribution in [1.82, 2.24) is 14.9 Å². The molecule has 0 unspecified atom stereocenters. The van der Waals surface area contributed by atoms with Gasteiger partial charge in [-0.05, 0) is 17.7 Å². The number of fused-ring (bicyclic) bond motifs is 1. The summed E-state index contributed by atoms with van der Waals surface area (Å²) in [5.74, 6) is -1.82. The lowest BCUT2D eigenvalue weighted by atomic mass is 9.74. The highest BCUT2D eigenvalue weighted by Crippen LogP contribution is 2.41. The summed E-state index contributed by atoms with van der Waals surface area (Å²) >= 11 is 0. The second kappa shape index (κ2) is 8.67. The van der Waals surface area contributed by atoms with E-state index in [0.29, 0.717) is 17.0 Å². The van der Waals surface area contributed by atoms with Crippen molar-refractivity contribution in [3.05, 3.63) is 126 Å². The number of benzene rings is 3. The molecule has 0 saturated carbocycles. The fraction of sp³-hybridized carbons (Fsp3) is 0.111. The summed E-state index contributed by atoms with van der Waals surface area (Å²) in [7, 11) is 0. The fourth-order valence-electron chi connectivity index (χ4n) is 4.48. The molecule has 1 aliphatic rings. The Balaban J connectivity index is 1.64. The van der Waals surface area contributed by atoms with E-state index in [4.69, 9.17) is 0 Å². The van der Waals surface area contributed by atoms with Crippen LogP contribution >= 0.6 is 0 Å². The molecule has 1 aliphatic heterocycles. The van der Waals surface area contributed by atoms with Crippen molar-refractivity contribution in [3.8, 4) is 0 Å². The molecule has 1 amide bonds. The number of aromatic nitrogens is 2. The van der Waals surface area contributed by atoms with Crippen LogP contribution in [0.4, 0.5) is 0 Å². The van der Waals surface area contributed by atoms with Crippen LogP contribution in [0.1, 0.15) is 48.7 Å². The number of nitrogens with zero attached hydrogens (tertiary/aromatic N) is 2. The smallest absolute Gasteiger partial charge is 0.255 e. The Labute approximate surface area is 190 Å². The van der Waals surface area contributed by atoms with Gasteiger partial charge >= 0.3 is 0 Å². The maximum Gasteiger partial charge on any atom is 0.255 e. The third-order valence-electron chi connectivity index (χ3n) is 6.02. The summed E-state index contributed by atoms with van der Waals surface area (Å²) in [6, 6.07) is 26.1. The van der Waals surface area contributed by atoms with E-state index in [-0.39, 0.29) is 17.6 Å². The number of ketones is 1. The number of hydrogen-bond acceptors (Lipinski definition) is 4. The van der Waals surface area contributed by atoms with Crippen LogP contribution in [0.3, 0.4) is 0 Å². The molecule has 0 spiro atoms. The monoisotopic (exact) mass is 435 g/mol. The van der Waals surface area contributed by atoms with Gasteiger partial charge < -0.3 is 5.32 Å². The van der Waals surface area contributed by atoms with E-state index in [9.17, 15) is 14.4 Å². The molecule has 4 aromatic rings. The molecule has 2 heterocycles. The molecule has 6 nitrogen and oxygen atoms in total. The number of hydrogen-bond donors (Lipinski definition) is 1. The van der Waals surface area contributed by atoms with Gasteiger partial charge in [0.25, 0.3) is 11.8 Å². The zero-order valence-electron chi connectivity index (χ0n) is 17.7. The molecule has 0 saturated heterocycles. The van der Waals surface area contributed by atoms with Crippen LogP contribution in [0, 0.1) is 0 Å². The number of carbonyl (C=O) groups excluding carboxylic acids is 3. The van der Waals surface area contributed by atoms with Crippen LogP contribution < -0.4 is 5.32 Å². The minimum absolute atomic E-state index is 0.150. The molecular weight excluding hydrogens is 414 g/mol. The quantitative estimate of drug-likeness (QED) is 0.479. The van der Waals surface area contributed by atoms with Crippen molar-refractivity contribution < 1.29 is 14.4 Å². The van der Waals surface area contributed by atoms with Gasteiger partial charge in [0.1, 0.15) is 11.9 Å². The molecule has 5 rings (SSSR count). The Bertz CT molecular complexity index is 1300. The Kier molecular flexibility index (Phi) is 5.40. The summed E-state index contributed by atoms with van der Waals surface area (Å²) in [6.45, 7) is 0. The molecule has 0 aliphatic carbocycles. The Morgan fingerprint density at radius 2 is 1.36 bits per heavy atom. The standard InChI is InChI=1S/C27H21N3O3/c31-24(19-12-6-2-7-13-19)22-21(18-10-4-1-5-11-18)23(27(33)30-17-16-28-25(22)30)29-26(32)20-14-8-3-9-15-20/h1-17,21-23H,(H,29,32)/t21-,22-,23-/m0/s1. The molecule has 0 fully saturated rings. The predicted octanol–water partition coefficient (Wildman–Crippen LogP) is 4.09. The zero-order chi connectivity index (χ0) is 22.8. The summed E-state index contributed by atoms with van der Waals surface area (Å²) in [4.78, 5) is 44.8. The minimum atomic E-state index is -0.945. The molecule has 0 radical (unpaired) electrons. The highest BCUT2D eigenvalue weighted by molar-refractivity contribution is 6.05. The average Bonchev–Trinajstić information content (AvgIpc) is 3.37. The summed E-state index contributed by atoms with van der Waals surface area (Å²) < 4.78 is 1.39. The third kappa shape index (κ3) is 3.76. The number of Topliss-reactive ketones (excluding diaryl/α,β-unsaturated/α-hetero) is 1. The molecular formula is C27H21N3O3. The molecule has 6 heteroatoms. The number of amides is 1. The molecule has 1 aromatic heterocycles. The Hall–Kier alpha value is -4.32. The van der Waals surface area contributed by atoms with Crippen molar-refractivity contribution in [2.75, 3.05) is 0 Å². The first kappa shape index (κ1) is 20.6. The number of nitrogens with one attached hydrogen (secondary N) is 1. The molecule has 33 heavy (non-hydrogen) atoms. The van der Waals surface area contributed by atoms with Gasteiger partial charge in [-0.25, -0.2) is 4.98 Å². The van der Waals surface area contributed by atoms with Gasteiger partial charge in [0.15, 0.2) is 5.78 Å². The van der Waals surface area contributed by atoms with Crippen LogP contribution in [0.5, 0.6) is 0 Å². The highest BCUT2D eigenvalue weighted by Gasteiger charge is 2.48. The van der Waals surface area contributed by atoms with Crippen molar-refractivity contribution in [3.63, 3.8) is 0 Å². The lowest BCUT2D eigenvalue weighted by Crippen LogP contribution is -2.53. The SMILES string of the molecule is O=C(N[C@@H]1C(=O)n2ccnc2[C@H](C(=O)c2ccccc2)[C@@H]1c1ccccc1)c1ccccc1. The second-order valence-electron chi connectivity index (χ2n) is 7.96. The van der Waals surface area contributed by atoms with E-state index in [2.05, 4.69) is 10.3 Å². The average molecular weight is 435 g/mol. The van der Waals surface area contributed by atoms with E-state index in [1.54, 1.807) is 54.7 Å². The van der Waals surface area contributed by atoms with Crippen LogP contribution in [0.15, 0.2) is 103 Å². The minimum Gasteiger partial charge on any atom is -0.340 e. The summed E-state index contributed by atoms with van der Waals surface area (Å²) in [5, 5.41) is 2.91. The first-order valence-electron chi connectivity index (χ1n) is 10.7. The predicted molar refractivity (Wildman–Crippen MR) is 123 cm³/mol. The first-order valence-corrected chi connectivity index (χ1v) is 10.7. The number of rotatable bonds is 5. The van der Waals surface area contributed by atoms with Gasteiger partial charge in [-0.1, -0.05) is 78.9 Å². The highest BCUT2D eigenvalue weighted by atomic mass is 16.2. The molecule has 0 bridgehead atoms. The third-order valence-corrected chi connectivity index (χ3v) is 6.02. The van der Waals surface area contributed by atoms with Crippen LogP contribution in [-0.2, 0) is 0 Å². The summed E-state index contributed by atoms with van der Waals surface area (Å²) in [5.41, 5.74) is 1.76. The Morgan fingerprint density at radius 1 is 0.788 bits per heavy atom. The van der Waals surface area contributed by atoms with Gasteiger partial charge in [-0.3, -0.25) is 19.0 Å². The van der Waals surface area contributed by atoms with E-state index in [1.165, 1.54) is 10.8 Å². The van der Waals surface area contributed by atoms with E-state index < -0.39 is 17.9 Å². The van der Waals surface area contributed by atoms with Gasteiger partial charge in [0, 0.05) is 29.4 Å². The van der Waals surface area contributed by atoms with Gasteiger partial charge in [-0.2, -0.15) is 0 Å². The van der Waals surface area contributed by atoms with Gasteiger partial charge in [0.05, 0.1) is 5.92 Å². The maximum atomic E-state index is 13.8. The van der Waals surface area contributed by atoms with Crippen molar-refractivity contribution in [2.45, 2.75) is 17.9 Å². The van der Waals surface area contributed by atoms with Gasteiger partial charge in [-0.15, -0.1) is 0 Å². The van der Waals surface area contributed by atoms with Crippen LogP contribution in [0.25, 0.3) is 0 Å². The number of carbonyl (C=O) groups is 3. The zero-order valence-corrected chi connectivity index (χ0v) is 17.7. The second-order valence-corrected chi connectivity index (χ2v) is 7.96. The van der Waals surface area contributed by atoms with Crippen LogP contribution in [-0.4, -0.2) is 33.2 Å². The molecule has 1 N–H and O–H groups in total. The van der Waals surface area contributed by atoms with Gasteiger partial charge in [0.2, 0.25) is 0 Å². The lowest BCUT2D eigenvalue weighted by Gasteiger charge is -2.37. The van der Waals surface area contributed by atoms with Crippen LogP contribution in [0.2, 0.25) is 0 Å². The van der Waals surface area contributed by atoms with E-state index in [0.717, 1.165) is 5.56 Å². The normalized spacial score (nSPS) is 19.5. The van der Waals surface area contributed by atoms with Crippen molar-refractivity contribution >= 4 is 17.6 Å². The fourth-order valence-corrected chi connectivity index (χ4v) is 4.48. The first-order chi connectivity index (χ1) is 16.1. The molecule has 162 valence electrons. The topological polar surface area (TPSA) is 81.1 Å². The molecule has 3 aromatic carbocycles. The lowest BCUT2D eigenvalue weighted by molar-refractivity contribution is 0.0723. The largest absolute Gasteiger partial charge is 0.340 e. The molecule has 3 atom stereocenters. The maximum absolute atomic E-state index is 13.8. The number of imidazole rings is 1. The Morgan fingerprint density at radius 3 is 2.00 bits per heavy atom. The van der Waals surface area contributed by atoms with Crippen molar-refractivity contribution in [2.24, 2.45) is 0 Å². The van der Waals surface area contributed by atoms with E-state index >= 15 is 0 Å². The summed E-state index contributed by atoms with van der Waals surface area (Å²) in [6.07, 6.45) is 3.06.